The zero-order valence-corrected chi connectivity index (χ0v) is 17.2. The van der Waals surface area contributed by atoms with Crippen LogP contribution < -0.4 is 24.4 Å². The average molecular weight is 414 g/mol. The average Bonchev–Trinajstić information content (AvgIpc) is 3.38. The van der Waals surface area contributed by atoms with Gasteiger partial charge in [0.1, 0.15) is 18.9 Å². The lowest BCUT2D eigenvalue weighted by Gasteiger charge is -2.35. The van der Waals surface area contributed by atoms with Crippen LogP contribution in [0.15, 0.2) is 35.6 Å². The summed E-state index contributed by atoms with van der Waals surface area (Å²) in [6.07, 6.45) is 3.56. The monoisotopic (exact) mass is 414 g/mol. The number of hydrogen-bond acceptors (Lipinski definition) is 6. The Morgan fingerprint density at radius 3 is 2.93 bits per heavy atom. The summed E-state index contributed by atoms with van der Waals surface area (Å²) < 4.78 is 18.1. The van der Waals surface area contributed by atoms with Crippen LogP contribution in [0.4, 0.5) is 5.69 Å². The number of ether oxygens (including phenoxy) is 3. The van der Waals surface area contributed by atoms with E-state index in [1.807, 2.05) is 43.3 Å². The van der Waals surface area contributed by atoms with Gasteiger partial charge in [-0.05, 0) is 19.1 Å². The Kier molecular flexibility index (Phi) is 5.92. The minimum Gasteiger partial charge on any atom is -0.492 e. The lowest BCUT2D eigenvalue weighted by atomic mass is 10.3. The molecule has 2 aromatic rings. The Labute approximate surface area is 175 Å². The second kappa shape index (κ2) is 8.93. The van der Waals surface area contributed by atoms with Crippen molar-refractivity contribution < 1.29 is 19.0 Å². The number of rotatable bonds is 6. The molecule has 1 amide bonds. The maximum Gasteiger partial charge on any atom is 0.246 e. The highest BCUT2D eigenvalue weighted by atomic mass is 16.7. The van der Waals surface area contributed by atoms with Gasteiger partial charge in [0.15, 0.2) is 17.5 Å². The van der Waals surface area contributed by atoms with Gasteiger partial charge >= 0.3 is 0 Å². The molecule has 160 valence electrons. The normalized spacial score (nSPS) is 16.2. The number of hydrogen-bond donors (Lipinski definition) is 1. The van der Waals surface area contributed by atoms with Gasteiger partial charge in [-0.1, -0.05) is 0 Å². The van der Waals surface area contributed by atoms with E-state index < -0.39 is 0 Å². The lowest BCUT2D eigenvalue weighted by molar-refractivity contribution is -0.120. The van der Waals surface area contributed by atoms with Crippen LogP contribution in [0.3, 0.4) is 0 Å². The number of benzene rings is 1. The van der Waals surface area contributed by atoms with Crippen LogP contribution in [0, 0.1) is 0 Å². The van der Waals surface area contributed by atoms with Crippen LogP contribution in [0.1, 0.15) is 6.92 Å². The molecule has 0 aliphatic carbocycles. The number of amides is 1. The Morgan fingerprint density at radius 1 is 1.30 bits per heavy atom. The molecule has 0 radical (unpaired) electrons. The van der Waals surface area contributed by atoms with Crippen molar-refractivity contribution >= 4 is 17.6 Å². The molecule has 3 heterocycles. The minimum absolute atomic E-state index is 0.0245. The standard InChI is InChI=1S/C20H26N6O4/c1-3-21-20(22-6-9-28-16-4-5-17-18(10-16)30-14-29-17)25-7-8-26(19(27)13-25)15-11-23-24(2)12-15/h4-5,10-12H,3,6-9,13-14H2,1-2H3,(H,21,22). The Morgan fingerprint density at radius 2 is 2.17 bits per heavy atom. The van der Waals surface area contributed by atoms with Gasteiger partial charge in [0.25, 0.3) is 0 Å². The molecule has 10 nitrogen and oxygen atoms in total. The zero-order chi connectivity index (χ0) is 20.9. The Hall–Kier alpha value is -3.43. The summed E-state index contributed by atoms with van der Waals surface area (Å²) in [5, 5.41) is 7.41. The molecule has 0 atom stereocenters. The summed E-state index contributed by atoms with van der Waals surface area (Å²) in [6.45, 7) is 5.39. The number of nitrogens with zero attached hydrogens (tertiary/aromatic N) is 5. The van der Waals surface area contributed by atoms with E-state index in [0.717, 1.165) is 18.0 Å². The second-order valence-corrected chi connectivity index (χ2v) is 6.94. The van der Waals surface area contributed by atoms with E-state index in [4.69, 9.17) is 14.2 Å². The molecule has 1 aromatic heterocycles. The third-order valence-electron chi connectivity index (χ3n) is 4.82. The summed E-state index contributed by atoms with van der Waals surface area (Å²) in [5.74, 6) is 2.86. The van der Waals surface area contributed by atoms with Crippen molar-refractivity contribution in [3.63, 3.8) is 0 Å². The number of piperazine rings is 1. The number of aromatic nitrogens is 2. The second-order valence-electron chi connectivity index (χ2n) is 6.94. The lowest BCUT2D eigenvalue weighted by Crippen LogP contribution is -2.55. The maximum absolute atomic E-state index is 12.6. The smallest absolute Gasteiger partial charge is 0.246 e. The molecule has 2 aliphatic heterocycles. The molecule has 1 saturated heterocycles. The fraction of sp³-hybridized carbons (Fsp3) is 0.450. The van der Waals surface area contributed by atoms with Crippen molar-refractivity contribution in [3.05, 3.63) is 30.6 Å². The van der Waals surface area contributed by atoms with Gasteiger partial charge in [-0.2, -0.15) is 5.10 Å². The summed E-state index contributed by atoms with van der Waals surface area (Å²) in [7, 11) is 1.84. The van der Waals surface area contributed by atoms with Crippen LogP contribution in [-0.4, -0.2) is 72.7 Å². The predicted molar refractivity (Wildman–Crippen MR) is 111 cm³/mol. The van der Waals surface area contributed by atoms with Crippen LogP contribution in [0.25, 0.3) is 0 Å². The first-order chi connectivity index (χ1) is 14.6. The van der Waals surface area contributed by atoms with Crippen LogP contribution >= 0.6 is 0 Å². The van der Waals surface area contributed by atoms with Crippen molar-refractivity contribution in [2.45, 2.75) is 6.92 Å². The quantitative estimate of drug-likeness (QED) is 0.425. The van der Waals surface area contributed by atoms with Gasteiger partial charge in [0, 0.05) is 38.9 Å². The van der Waals surface area contributed by atoms with Crippen LogP contribution in [0.2, 0.25) is 0 Å². The van der Waals surface area contributed by atoms with Crippen molar-refractivity contribution in [3.8, 4) is 17.2 Å². The van der Waals surface area contributed by atoms with E-state index >= 15 is 0 Å². The molecule has 0 saturated carbocycles. The van der Waals surface area contributed by atoms with Crippen molar-refractivity contribution in [2.75, 3.05) is 51.0 Å². The molecule has 0 spiro atoms. The van der Waals surface area contributed by atoms with E-state index in [9.17, 15) is 4.79 Å². The van der Waals surface area contributed by atoms with Crippen molar-refractivity contribution in [2.24, 2.45) is 12.0 Å². The highest BCUT2D eigenvalue weighted by Gasteiger charge is 2.27. The number of guanidine groups is 1. The number of anilines is 1. The molecule has 0 unspecified atom stereocenters. The summed E-state index contributed by atoms with van der Waals surface area (Å²) in [4.78, 5) is 21.0. The number of carbonyl (C=O) groups excluding carboxylic acids is 1. The topological polar surface area (TPSA) is 93.5 Å². The first kappa shape index (κ1) is 19.9. The maximum atomic E-state index is 12.6. The molecule has 1 aromatic carbocycles. The van der Waals surface area contributed by atoms with Gasteiger partial charge in [-0.3, -0.25) is 9.48 Å². The number of aryl methyl sites for hydroxylation is 1. The van der Waals surface area contributed by atoms with E-state index in [2.05, 4.69) is 15.4 Å². The third kappa shape index (κ3) is 4.42. The minimum atomic E-state index is 0.0245. The molecule has 4 rings (SSSR count). The van der Waals surface area contributed by atoms with Gasteiger partial charge in [0.05, 0.1) is 18.4 Å². The van der Waals surface area contributed by atoms with Gasteiger partial charge in [-0.15, -0.1) is 0 Å². The third-order valence-corrected chi connectivity index (χ3v) is 4.82. The van der Waals surface area contributed by atoms with Crippen molar-refractivity contribution in [1.29, 1.82) is 0 Å². The van der Waals surface area contributed by atoms with Crippen molar-refractivity contribution in [1.82, 2.24) is 20.0 Å². The molecule has 1 fully saturated rings. The molecule has 0 bridgehead atoms. The zero-order valence-electron chi connectivity index (χ0n) is 17.2. The van der Waals surface area contributed by atoms with Crippen LogP contribution in [0.5, 0.6) is 17.2 Å². The molecule has 2 aliphatic rings. The number of nitrogens with one attached hydrogen (secondary N) is 1. The van der Waals surface area contributed by atoms with E-state index in [1.165, 1.54) is 0 Å². The Balaban J connectivity index is 1.32. The largest absolute Gasteiger partial charge is 0.492 e. The highest BCUT2D eigenvalue weighted by molar-refractivity contribution is 5.98. The predicted octanol–water partition coefficient (Wildman–Crippen LogP) is 0.842. The molecular weight excluding hydrogens is 388 g/mol. The van der Waals surface area contributed by atoms with Crippen LogP contribution in [-0.2, 0) is 11.8 Å². The van der Waals surface area contributed by atoms with E-state index in [1.54, 1.807) is 15.8 Å². The van der Waals surface area contributed by atoms with Gasteiger partial charge < -0.3 is 29.3 Å². The SMILES string of the molecule is CCNC(=NCCOc1ccc2c(c1)OCO2)N1CCN(c2cnn(C)c2)C(=O)C1. The fourth-order valence-electron chi connectivity index (χ4n) is 3.38. The number of carbonyl (C=O) groups is 1. The first-order valence-electron chi connectivity index (χ1n) is 9.99. The summed E-state index contributed by atoms with van der Waals surface area (Å²) >= 11 is 0. The van der Waals surface area contributed by atoms with E-state index in [-0.39, 0.29) is 19.2 Å². The summed E-state index contributed by atoms with van der Waals surface area (Å²) in [6, 6.07) is 5.49. The highest BCUT2D eigenvalue weighted by Crippen LogP contribution is 2.35. The van der Waals surface area contributed by atoms with Gasteiger partial charge in [-0.25, -0.2) is 4.99 Å². The summed E-state index contributed by atoms with van der Waals surface area (Å²) in [5.41, 5.74) is 0.821. The Bertz CT molecular complexity index is 928. The fourth-order valence-corrected chi connectivity index (χ4v) is 3.38. The van der Waals surface area contributed by atoms with E-state index in [0.29, 0.717) is 43.7 Å². The number of fused-ring (bicyclic) bond motifs is 1. The molecule has 1 N–H and O–H groups in total. The molecule has 10 heteroatoms. The van der Waals surface area contributed by atoms with Gasteiger partial charge in [0.2, 0.25) is 12.7 Å². The first-order valence-corrected chi connectivity index (χ1v) is 9.99. The number of aliphatic imine (C=N–C) groups is 1. The molecular formula is C20H26N6O4. The molecule has 30 heavy (non-hydrogen) atoms.